The number of hydrogen-bond acceptors (Lipinski definition) is 3. The summed E-state index contributed by atoms with van der Waals surface area (Å²) in [6.45, 7) is 15.3. The summed E-state index contributed by atoms with van der Waals surface area (Å²) in [5, 5.41) is 0. The Morgan fingerprint density at radius 2 is 1.66 bits per heavy atom. The van der Waals surface area contributed by atoms with E-state index < -0.39 is 5.60 Å². The van der Waals surface area contributed by atoms with Gasteiger partial charge in [0.1, 0.15) is 11.4 Å². The molecular formula is C29H44O3. The first-order valence-corrected chi connectivity index (χ1v) is 13.0. The molecule has 5 unspecified atom stereocenters. The third-order valence-corrected chi connectivity index (χ3v) is 10.2. The predicted molar refractivity (Wildman–Crippen MR) is 129 cm³/mol. The Labute approximate surface area is 195 Å². The number of allylic oxidation sites excluding steroid dienone is 4. The maximum Gasteiger partial charge on any atom is 0.164 e. The molecule has 4 aliphatic rings. The lowest BCUT2D eigenvalue weighted by molar-refractivity contribution is -0.161. The molecule has 0 aromatic rings. The standard InChI is InChI=1S/C29H44O3/c1-19-11-14-22-26(2,3)23(30)15-18-29(22,7)21(19)13-12-20-9-8-10-25-28(20,6)17-16-24(31)27(4,5)32-25/h11,14,20,22,25H,8-10,12-13,15-18H2,1-7H3. The maximum atomic E-state index is 12.7. The number of ether oxygens (including phenoxy) is 1. The second-order valence-corrected chi connectivity index (χ2v) is 12.8. The van der Waals surface area contributed by atoms with Crippen LogP contribution in [0.3, 0.4) is 0 Å². The molecule has 0 spiro atoms. The molecule has 0 radical (unpaired) electrons. The van der Waals surface area contributed by atoms with Crippen LogP contribution < -0.4 is 0 Å². The van der Waals surface area contributed by atoms with Crippen molar-refractivity contribution < 1.29 is 14.3 Å². The monoisotopic (exact) mass is 440 g/mol. The fourth-order valence-electron chi connectivity index (χ4n) is 7.82. The van der Waals surface area contributed by atoms with Crippen LogP contribution in [0.4, 0.5) is 0 Å². The van der Waals surface area contributed by atoms with E-state index in [-0.39, 0.29) is 34.1 Å². The SMILES string of the molecule is CC1=C(CCC2CCCC3OC(C)(C)C(=O)CCC23C)C2(C)CCC(=O)C(C)(C)C2C=C1. The third kappa shape index (κ3) is 3.67. The van der Waals surface area contributed by atoms with Crippen LogP contribution >= 0.6 is 0 Å². The van der Waals surface area contributed by atoms with Gasteiger partial charge in [0.2, 0.25) is 0 Å². The zero-order valence-electron chi connectivity index (χ0n) is 21.5. The number of hydrogen-bond donors (Lipinski definition) is 0. The van der Waals surface area contributed by atoms with E-state index in [0.717, 1.165) is 32.1 Å². The summed E-state index contributed by atoms with van der Waals surface area (Å²) < 4.78 is 6.50. The lowest BCUT2D eigenvalue weighted by atomic mass is 9.51. The maximum absolute atomic E-state index is 12.7. The van der Waals surface area contributed by atoms with Crippen molar-refractivity contribution in [1.82, 2.24) is 0 Å². The number of ketones is 2. The Morgan fingerprint density at radius 1 is 0.969 bits per heavy atom. The van der Waals surface area contributed by atoms with Crippen molar-refractivity contribution in [3.63, 3.8) is 0 Å². The highest BCUT2D eigenvalue weighted by Gasteiger charge is 2.53. The molecule has 0 N–H and O–H groups in total. The second kappa shape index (κ2) is 7.93. The van der Waals surface area contributed by atoms with E-state index in [1.54, 1.807) is 5.57 Å². The topological polar surface area (TPSA) is 43.4 Å². The highest BCUT2D eigenvalue weighted by Crippen LogP contribution is 2.58. The lowest BCUT2D eigenvalue weighted by Gasteiger charge is -2.53. The van der Waals surface area contributed by atoms with Crippen molar-refractivity contribution >= 4 is 11.6 Å². The van der Waals surface area contributed by atoms with E-state index in [4.69, 9.17) is 4.74 Å². The quantitative estimate of drug-likeness (QED) is 0.474. The van der Waals surface area contributed by atoms with Gasteiger partial charge >= 0.3 is 0 Å². The van der Waals surface area contributed by atoms with Gasteiger partial charge in [-0.3, -0.25) is 9.59 Å². The summed E-state index contributed by atoms with van der Waals surface area (Å²) in [6, 6.07) is 0. The highest BCUT2D eigenvalue weighted by molar-refractivity contribution is 5.87. The first kappa shape index (κ1) is 23.9. The molecule has 3 nitrogen and oxygen atoms in total. The normalized spacial score (nSPS) is 41.2. The molecule has 2 saturated carbocycles. The van der Waals surface area contributed by atoms with E-state index in [2.05, 4.69) is 46.8 Å². The minimum Gasteiger partial charge on any atom is -0.364 e. The summed E-state index contributed by atoms with van der Waals surface area (Å²) >= 11 is 0. The van der Waals surface area contributed by atoms with Crippen molar-refractivity contribution in [3.05, 3.63) is 23.3 Å². The summed E-state index contributed by atoms with van der Waals surface area (Å²) in [4.78, 5) is 25.4. The number of carbonyl (C=O) groups excluding carboxylic acids is 2. The largest absolute Gasteiger partial charge is 0.364 e. The molecule has 0 bridgehead atoms. The van der Waals surface area contributed by atoms with Gasteiger partial charge in [-0.15, -0.1) is 0 Å². The van der Waals surface area contributed by atoms with Crippen LogP contribution in [0.5, 0.6) is 0 Å². The number of fused-ring (bicyclic) bond motifs is 2. The molecule has 32 heavy (non-hydrogen) atoms. The Hall–Kier alpha value is -1.22. The minimum absolute atomic E-state index is 0.0722. The molecule has 178 valence electrons. The van der Waals surface area contributed by atoms with E-state index in [0.29, 0.717) is 24.5 Å². The molecule has 3 heteroatoms. The smallest absolute Gasteiger partial charge is 0.164 e. The van der Waals surface area contributed by atoms with Crippen molar-refractivity contribution in [2.75, 3.05) is 0 Å². The van der Waals surface area contributed by atoms with Crippen molar-refractivity contribution in [1.29, 1.82) is 0 Å². The lowest BCUT2D eigenvalue weighted by Crippen LogP contribution is -2.49. The molecule has 4 rings (SSSR count). The molecule has 1 heterocycles. The van der Waals surface area contributed by atoms with Gasteiger partial charge in [0.15, 0.2) is 5.78 Å². The first-order chi connectivity index (χ1) is 14.8. The fraction of sp³-hybridized carbons (Fsp3) is 0.793. The molecule has 0 aromatic carbocycles. The van der Waals surface area contributed by atoms with Gasteiger partial charge in [-0.1, -0.05) is 57.4 Å². The van der Waals surface area contributed by atoms with Crippen LogP contribution in [0.15, 0.2) is 23.3 Å². The van der Waals surface area contributed by atoms with Crippen LogP contribution in [-0.2, 0) is 14.3 Å². The van der Waals surface area contributed by atoms with Gasteiger partial charge in [0.05, 0.1) is 6.10 Å². The van der Waals surface area contributed by atoms with E-state index in [1.807, 2.05) is 13.8 Å². The Balaban J connectivity index is 1.57. The van der Waals surface area contributed by atoms with Gasteiger partial charge in [-0.2, -0.15) is 0 Å². The zero-order valence-corrected chi connectivity index (χ0v) is 21.5. The van der Waals surface area contributed by atoms with Gasteiger partial charge in [-0.05, 0) is 82.0 Å². The minimum atomic E-state index is -0.654. The Morgan fingerprint density at radius 3 is 2.38 bits per heavy atom. The van der Waals surface area contributed by atoms with Crippen molar-refractivity contribution in [2.24, 2.45) is 28.1 Å². The van der Waals surface area contributed by atoms with E-state index >= 15 is 0 Å². The molecule has 1 saturated heterocycles. The average Bonchev–Trinajstić information content (AvgIpc) is 2.79. The van der Waals surface area contributed by atoms with E-state index in [1.165, 1.54) is 18.4 Å². The molecular weight excluding hydrogens is 396 g/mol. The molecule has 0 amide bonds. The number of carbonyl (C=O) groups is 2. The Bertz CT molecular complexity index is 860. The number of Topliss-reactive ketones (excluding diaryl/α,β-unsaturated/α-hetero) is 2. The Kier molecular flexibility index (Phi) is 5.93. The van der Waals surface area contributed by atoms with Gasteiger partial charge in [0, 0.05) is 18.3 Å². The summed E-state index contributed by atoms with van der Waals surface area (Å²) in [6.07, 6.45) is 13.8. The zero-order chi connectivity index (χ0) is 23.5. The van der Waals surface area contributed by atoms with Crippen LogP contribution in [0.1, 0.15) is 106 Å². The van der Waals surface area contributed by atoms with Gasteiger partial charge in [-0.25, -0.2) is 0 Å². The van der Waals surface area contributed by atoms with Crippen LogP contribution in [0, 0.1) is 28.1 Å². The van der Waals surface area contributed by atoms with Gasteiger partial charge in [0.25, 0.3) is 0 Å². The fourth-order valence-corrected chi connectivity index (χ4v) is 7.82. The predicted octanol–water partition coefficient (Wildman–Crippen LogP) is 7.00. The molecule has 3 aliphatic carbocycles. The van der Waals surface area contributed by atoms with Crippen molar-refractivity contribution in [3.8, 4) is 0 Å². The first-order valence-electron chi connectivity index (χ1n) is 13.0. The molecule has 1 aliphatic heterocycles. The summed E-state index contributed by atoms with van der Waals surface area (Å²) in [5.41, 5.74) is 2.17. The molecule has 0 aromatic heterocycles. The molecule has 3 fully saturated rings. The second-order valence-electron chi connectivity index (χ2n) is 12.8. The highest BCUT2D eigenvalue weighted by atomic mass is 16.5. The van der Waals surface area contributed by atoms with Gasteiger partial charge < -0.3 is 4.74 Å². The average molecular weight is 441 g/mol. The summed E-state index contributed by atoms with van der Waals surface area (Å²) in [7, 11) is 0. The third-order valence-electron chi connectivity index (χ3n) is 10.2. The van der Waals surface area contributed by atoms with Crippen LogP contribution in [0.2, 0.25) is 0 Å². The van der Waals surface area contributed by atoms with Crippen molar-refractivity contribution in [2.45, 2.75) is 118 Å². The summed E-state index contributed by atoms with van der Waals surface area (Å²) in [5.74, 6) is 1.53. The van der Waals surface area contributed by atoms with Crippen LogP contribution in [-0.4, -0.2) is 23.3 Å². The molecule has 5 atom stereocenters. The van der Waals surface area contributed by atoms with Crippen LogP contribution in [0.25, 0.3) is 0 Å². The van der Waals surface area contributed by atoms with E-state index in [9.17, 15) is 9.59 Å². The number of rotatable bonds is 3.